The summed E-state index contributed by atoms with van der Waals surface area (Å²) < 4.78 is 0. The van der Waals surface area contributed by atoms with Crippen molar-refractivity contribution < 1.29 is 121 Å². The summed E-state index contributed by atoms with van der Waals surface area (Å²) in [5, 5.41) is 101. The highest BCUT2D eigenvalue weighted by atomic mass is 32.1. The van der Waals surface area contributed by atoms with E-state index in [1.165, 1.54) is 76.3 Å². The van der Waals surface area contributed by atoms with Gasteiger partial charge in [-0.2, -0.15) is 25.3 Å². The van der Waals surface area contributed by atoms with Crippen molar-refractivity contribution in [2.24, 2.45) is 23.3 Å². The number of carboxylic acid groups (broad SMARTS) is 3. The number of carbonyl (C=O) groups excluding carboxylic acids is 17. The lowest BCUT2D eigenvalue weighted by molar-refractivity contribution is -0.141. The van der Waals surface area contributed by atoms with Crippen LogP contribution in [0.25, 0.3) is 21.8 Å². The first-order valence-electron chi connectivity index (χ1n) is 44.8. The van der Waals surface area contributed by atoms with E-state index in [1.54, 1.807) is 68.6 Å². The third-order valence-corrected chi connectivity index (χ3v) is 22.8. The van der Waals surface area contributed by atoms with E-state index in [4.69, 9.17) is 16.9 Å². The quantitative estimate of drug-likeness (QED) is 0.00730. The number of nitrogens with zero attached hydrogens (tertiary/aromatic N) is 2. The molecule has 0 saturated heterocycles. The summed E-state index contributed by atoms with van der Waals surface area (Å²) >= 11 is 8.48. The number of thiol groups is 2. The molecule has 0 radical (unpaired) electrons. The number of fused-ring (bicyclic) bond motifs is 2. The molecule has 7 aromatic rings. The Morgan fingerprint density at radius 3 is 1.18 bits per heavy atom. The Bertz CT molecular complexity index is 5620. The topological polar surface area (TPSA) is 812 Å². The van der Waals surface area contributed by atoms with E-state index in [0.29, 0.717) is 38.5 Å². The fourth-order valence-electron chi connectivity index (χ4n) is 14.5. The summed E-state index contributed by atoms with van der Waals surface area (Å²) in [5.74, 6) is -25.5. The Hall–Kier alpha value is -15.7. The number of aromatic nitrogens is 6. The second-order valence-corrected chi connectivity index (χ2v) is 34.6. The molecule has 0 saturated carbocycles. The summed E-state index contributed by atoms with van der Waals surface area (Å²) in [6.07, 6.45) is 1.41. The third kappa shape index (κ3) is 36.3. The first-order chi connectivity index (χ1) is 67.3. The number of aromatic hydroxyl groups is 1. The molecule has 768 valence electrons. The van der Waals surface area contributed by atoms with Crippen LogP contribution in [0, 0.1) is 17.2 Å². The number of carbonyl (C=O) groups is 20. The number of H-pyrrole nitrogens is 4. The number of imidazole rings is 2. The zero-order chi connectivity index (χ0) is 105. The third-order valence-electron chi connectivity index (χ3n) is 22.1. The highest BCUT2D eigenvalue weighted by molar-refractivity contribution is 7.80. The maximum absolute atomic E-state index is 15.5. The minimum absolute atomic E-state index is 0.0151. The predicted molar refractivity (Wildman–Crippen MR) is 513 cm³/mol. The lowest BCUT2D eigenvalue weighted by Crippen LogP contribution is -2.62. The molecule has 15 atom stereocenters. The standard InChI is InChI=1S/C89H120N26O25S2/c1-42(2)72(87(139)98-36-68(90)119)114-77(129)56(16-11-25-95-89(91)92)103-75(127)57(21-23-69(120)121)105-84(136)65(37-116)112-81(133)63(30-50-35-94-41-100-50)110-76(128)58(22-24-70(122)123)104-80(132)62(29-49-34-93-40-99-49)111-79(131)60(27-47-32-96-54-14-9-7-12-52(47)54)108-78(130)59(26-46-17-19-51(118)20-18-46)107-86(138)67(39-142)113-88(140)73(43(3)4)115-83(135)61(28-48-33-97-55-15-10-8-13-53(48)55)109-82(134)64(31-71(124)125)106-74(126)44(5)101-85(137)66(38-141)102-45(6)117/h7-10,12-15,17-20,32-35,40-44,56-67,72-73,96-97,116,118,141-142H,11,16,21-31,36-39H2,1-6H3,(H2,90,119)(H,93,99)(H,94,100)(H,98,139)(H,101,137)(H,102,117)(H,103,127)(H,104,132)(H,105,136)(H,106,126)(H,107,138)(H,108,130)(H,109,134)(H,110,128)(H,111,131)(H,112,133)(H,113,140)(H,114,129)(H,115,135)(H,120,121)(H,122,123)(H,124,125)(H4,91,92,95)/t44-,56-,57-,58-,59-,60-,61-,62-,63-,64-,65-,66-,67-,72-,73-/m0/s1. The zero-order valence-electron chi connectivity index (χ0n) is 78.1. The summed E-state index contributed by atoms with van der Waals surface area (Å²) in [6, 6.07) is -6.45. The number of phenols is 1. The van der Waals surface area contributed by atoms with Crippen molar-refractivity contribution >= 4 is 171 Å². The zero-order valence-corrected chi connectivity index (χ0v) is 79.9. The number of primary amides is 1. The van der Waals surface area contributed by atoms with Crippen LogP contribution >= 0.6 is 25.3 Å². The molecule has 4 aromatic heterocycles. The highest BCUT2D eigenvalue weighted by Gasteiger charge is 2.41. The molecule has 0 aliphatic carbocycles. The number of carboxylic acids is 3. The molecule has 0 unspecified atom stereocenters. The van der Waals surface area contributed by atoms with Crippen LogP contribution in [0.4, 0.5) is 0 Å². The molecule has 0 aliphatic rings. The molecule has 53 heteroatoms. The average Bonchev–Trinajstić information content (AvgIpc) is 1.65. The first-order valence-corrected chi connectivity index (χ1v) is 46.1. The van der Waals surface area contributed by atoms with Crippen molar-refractivity contribution in [3.8, 4) is 5.75 Å². The van der Waals surface area contributed by atoms with Gasteiger partial charge in [0.2, 0.25) is 100 Å². The van der Waals surface area contributed by atoms with Gasteiger partial charge in [0, 0.05) is 128 Å². The summed E-state index contributed by atoms with van der Waals surface area (Å²) in [6.45, 7) is 6.61. The maximum atomic E-state index is 15.5. The summed E-state index contributed by atoms with van der Waals surface area (Å²) in [5.41, 5.74) is 13.2. The van der Waals surface area contributed by atoms with Gasteiger partial charge in [-0.3, -0.25) is 101 Å². The van der Waals surface area contributed by atoms with Gasteiger partial charge in [-0.05, 0) is 85.4 Å². The number of amides is 17. The molecule has 3 aromatic carbocycles. The minimum Gasteiger partial charge on any atom is -0.508 e. The van der Waals surface area contributed by atoms with Crippen LogP contribution in [0.5, 0.6) is 5.75 Å². The van der Waals surface area contributed by atoms with Gasteiger partial charge in [0.1, 0.15) is 96.4 Å². The number of guanidine groups is 1. The number of aliphatic carboxylic acids is 3. The summed E-state index contributed by atoms with van der Waals surface area (Å²) in [7, 11) is 0. The fraction of sp³-hybridized carbons (Fsp3) is 0.449. The number of benzene rings is 3. The smallest absolute Gasteiger partial charge is 0.305 e. The predicted octanol–water partition coefficient (Wildman–Crippen LogP) is -6.14. The molecule has 0 spiro atoms. The van der Waals surface area contributed by atoms with E-state index in [0.717, 1.165) is 6.92 Å². The number of nitrogens with two attached hydrogens (primary N) is 2. The average molecular weight is 2020 g/mol. The number of hydrogen-bond donors (Lipinski definition) is 31. The molecule has 17 amide bonds. The van der Waals surface area contributed by atoms with Crippen molar-refractivity contribution in [1.82, 2.24) is 120 Å². The van der Waals surface area contributed by atoms with Crippen molar-refractivity contribution in [2.75, 3.05) is 31.2 Å². The Morgan fingerprint density at radius 2 is 0.761 bits per heavy atom. The number of para-hydroxylation sites is 2. The van der Waals surface area contributed by atoms with Crippen LogP contribution in [0.2, 0.25) is 0 Å². The van der Waals surface area contributed by atoms with Crippen LogP contribution in [0.15, 0.2) is 110 Å². The van der Waals surface area contributed by atoms with Gasteiger partial charge >= 0.3 is 17.9 Å². The van der Waals surface area contributed by atoms with E-state index in [2.05, 4.69) is 146 Å². The van der Waals surface area contributed by atoms with Crippen molar-refractivity contribution in [1.29, 1.82) is 5.41 Å². The number of nitrogens with one attached hydrogen (secondary N) is 22. The molecule has 0 bridgehead atoms. The second-order valence-electron chi connectivity index (χ2n) is 33.9. The van der Waals surface area contributed by atoms with Crippen molar-refractivity contribution in [3.05, 3.63) is 138 Å². The number of hydrogen-bond acceptors (Lipinski definition) is 27. The fourth-order valence-corrected chi connectivity index (χ4v) is 15.0. The van der Waals surface area contributed by atoms with Gasteiger partial charge in [-0.25, -0.2) is 9.97 Å². The largest absolute Gasteiger partial charge is 0.508 e. The number of aliphatic hydroxyl groups is 1. The van der Waals surface area contributed by atoms with Crippen LogP contribution in [0.1, 0.15) is 115 Å². The molecule has 142 heavy (non-hydrogen) atoms. The number of rotatable bonds is 59. The molecular formula is C89H120N26O25S2. The molecule has 51 nitrogen and oxygen atoms in total. The minimum atomic E-state index is -2.06. The Kier molecular flexibility index (Phi) is 44.5. The number of phenolic OH excluding ortho intramolecular Hbond substituents is 1. The van der Waals surface area contributed by atoms with E-state index in [9.17, 15) is 107 Å². The van der Waals surface area contributed by atoms with Crippen molar-refractivity contribution in [2.45, 2.75) is 209 Å². The SMILES string of the molecule is CC(=O)N[C@@H](CS)C(=O)N[C@@H](C)C(=O)N[C@@H](CC(=O)O)C(=O)N[C@@H](Cc1c[nH]c2ccccc12)C(=O)N[C@H](C(=O)N[C@@H](CS)C(=O)N[C@@H](Cc1ccc(O)cc1)C(=O)N[C@@H](Cc1c[nH]c2ccccc12)C(=O)N[C@@H](Cc1cnc[nH]1)C(=O)N[C@@H](CCC(=O)O)C(=O)N[C@@H](Cc1cnc[nH]1)C(=O)N[C@@H](CO)C(=O)N[C@@H](CCC(=O)O)C(=O)N[C@@H](CCCNC(=N)N)C(=O)N[C@H](C(=O)NCC(N)=O)C(C)C)C(C)C. The van der Waals surface area contributed by atoms with Crippen molar-refractivity contribution in [3.63, 3.8) is 0 Å². The van der Waals surface area contributed by atoms with Gasteiger partial charge in [0.15, 0.2) is 5.96 Å². The molecule has 0 fully saturated rings. The molecule has 31 N–H and O–H groups in total. The van der Waals surface area contributed by atoms with Gasteiger partial charge < -0.3 is 147 Å². The maximum Gasteiger partial charge on any atom is 0.305 e. The molecule has 4 heterocycles. The number of aliphatic hydroxyl groups excluding tert-OH is 1. The van der Waals surface area contributed by atoms with E-state index in [1.807, 2.05) is 0 Å². The number of aromatic amines is 4. The molecular weight excluding hydrogens is 1900 g/mol. The van der Waals surface area contributed by atoms with Gasteiger partial charge in [0.25, 0.3) is 0 Å². The van der Waals surface area contributed by atoms with E-state index in [-0.39, 0.29) is 48.7 Å². The molecule has 7 rings (SSSR count). The Balaban J connectivity index is 1.14. The van der Waals surface area contributed by atoms with E-state index < -0.39 is 303 Å². The van der Waals surface area contributed by atoms with Crippen LogP contribution in [-0.4, -0.2) is 302 Å². The normalized spacial score (nSPS) is 14.3. The van der Waals surface area contributed by atoms with Crippen LogP contribution in [0.3, 0.4) is 0 Å². The van der Waals surface area contributed by atoms with Gasteiger partial charge in [-0.1, -0.05) is 76.2 Å². The van der Waals surface area contributed by atoms with Gasteiger partial charge in [-0.15, -0.1) is 0 Å². The monoisotopic (exact) mass is 2020 g/mol. The lowest BCUT2D eigenvalue weighted by Gasteiger charge is -2.29. The van der Waals surface area contributed by atoms with Gasteiger partial charge in [0.05, 0.1) is 32.2 Å². The Labute approximate surface area is 822 Å². The summed E-state index contributed by atoms with van der Waals surface area (Å²) in [4.78, 5) is 297. The molecule has 0 aliphatic heterocycles. The van der Waals surface area contributed by atoms with E-state index >= 15 is 14.4 Å². The van der Waals surface area contributed by atoms with Crippen LogP contribution < -0.4 is 102 Å². The lowest BCUT2D eigenvalue weighted by atomic mass is 9.99. The first kappa shape index (κ1) is 113. The Morgan fingerprint density at radius 1 is 0.394 bits per heavy atom. The highest BCUT2D eigenvalue weighted by Crippen LogP contribution is 2.23. The second kappa shape index (κ2) is 55.8. The van der Waals surface area contributed by atoms with Crippen LogP contribution in [-0.2, 0) is 128 Å².